The maximum absolute atomic E-state index is 5.42. The van der Waals surface area contributed by atoms with Gasteiger partial charge in [0.15, 0.2) is 0 Å². The molecule has 6 nitrogen and oxygen atoms in total. The zero-order valence-corrected chi connectivity index (χ0v) is 14.3. The van der Waals surface area contributed by atoms with Gasteiger partial charge in [-0.05, 0) is 35.4 Å². The molecule has 1 aliphatic heterocycles. The van der Waals surface area contributed by atoms with Crippen molar-refractivity contribution in [2.45, 2.75) is 0 Å². The number of hydrogen-bond acceptors (Lipinski definition) is 5. The van der Waals surface area contributed by atoms with Crippen LogP contribution in [0.3, 0.4) is 0 Å². The minimum atomic E-state index is 0.577. The standard InChI is InChI=1S/C20H17N5O/c1-25-19-9-17(5-4-15(19)11-22-25)23-20-21-10-14-3-2-13(8-18(14)24-20)16-6-7-26-12-16/h2-6,8-11H,7,12H2,1H3,(H,21,23,24). The summed E-state index contributed by atoms with van der Waals surface area (Å²) < 4.78 is 7.27. The van der Waals surface area contributed by atoms with Crippen molar-refractivity contribution in [3.63, 3.8) is 0 Å². The second kappa shape index (κ2) is 5.93. The molecule has 3 heterocycles. The van der Waals surface area contributed by atoms with Crippen LogP contribution in [0.2, 0.25) is 0 Å². The van der Waals surface area contributed by atoms with Crippen molar-refractivity contribution in [3.05, 3.63) is 60.4 Å². The first-order chi connectivity index (χ1) is 12.8. The van der Waals surface area contributed by atoms with E-state index in [0.717, 1.165) is 33.1 Å². The molecular formula is C20H17N5O. The third-order valence-electron chi connectivity index (χ3n) is 4.66. The highest BCUT2D eigenvalue weighted by molar-refractivity contribution is 5.85. The molecule has 5 rings (SSSR count). The lowest BCUT2D eigenvalue weighted by Gasteiger charge is -2.08. The third-order valence-corrected chi connectivity index (χ3v) is 4.66. The lowest BCUT2D eigenvalue weighted by atomic mass is 10.1. The Bertz CT molecular complexity index is 1160. The van der Waals surface area contributed by atoms with Gasteiger partial charge in [-0.1, -0.05) is 18.2 Å². The fourth-order valence-corrected chi connectivity index (χ4v) is 3.22. The summed E-state index contributed by atoms with van der Waals surface area (Å²) in [5.74, 6) is 0.577. The largest absolute Gasteiger partial charge is 0.373 e. The van der Waals surface area contributed by atoms with Crippen molar-refractivity contribution in [3.8, 4) is 0 Å². The molecular weight excluding hydrogens is 326 g/mol. The molecule has 1 N–H and O–H groups in total. The SMILES string of the molecule is Cn1ncc2ccc(Nc3ncc4ccc(C5=CCOC5)cc4n3)cc21. The van der Waals surface area contributed by atoms with Gasteiger partial charge in [-0.25, -0.2) is 9.97 Å². The molecule has 1 aliphatic rings. The Kier molecular flexibility index (Phi) is 3.43. The van der Waals surface area contributed by atoms with Crippen LogP contribution in [0, 0.1) is 0 Å². The maximum Gasteiger partial charge on any atom is 0.227 e. The summed E-state index contributed by atoms with van der Waals surface area (Å²) in [5, 5.41) is 9.69. The van der Waals surface area contributed by atoms with E-state index in [0.29, 0.717) is 19.2 Å². The number of fused-ring (bicyclic) bond motifs is 2. The van der Waals surface area contributed by atoms with Crippen molar-refractivity contribution >= 4 is 39.0 Å². The molecule has 2 aromatic heterocycles. The summed E-state index contributed by atoms with van der Waals surface area (Å²) in [7, 11) is 1.93. The van der Waals surface area contributed by atoms with Gasteiger partial charge in [-0.15, -0.1) is 0 Å². The van der Waals surface area contributed by atoms with E-state index in [9.17, 15) is 0 Å². The number of nitrogens with zero attached hydrogens (tertiary/aromatic N) is 4. The monoisotopic (exact) mass is 343 g/mol. The quantitative estimate of drug-likeness (QED) is 0.615. The van der Waals surface area contributed by atoms with Gasteiger partial charge in [-0.2, -0.15) is 5.10 Å². The molecule has 0 amide bonds. The lowest BCUT2D eigenvalue weighted by molar-refractivity contribution is 0.216. The Hall–Kier alpha value is -3.25. The predicted octanol–water partition coefficient (Wildman–Crippen LogP) is 3.67. The molecule has 6 heteroatoms. The van der Waals surface area contributed by atoms with E-state index < -0.39 is 0 Å². The summed E-state index contributed by atoms with van der Waals surface area (Å²) in [4.78, 5) is 9.12. The third kappa shape index (κ3) is 2.60. The number of aryl methyl sites for hydroxylation is 1. The number of aromatic nitrogens is 4. The van der Waals surface area contributed by atoms with Crippen molar-refractivity contribution in [2.24, 2.45) is 7.05 Å². The molecule has 2 aromatic carbocycles. The number of rotatable bonds is 3. The van der Waals surface area contributed by atoms with Crippen molar-refractivity contribution in [1.29, 1.82) is 0 Å². The van der Waals surface area contributed by atoms with Gasteiger partial charge in [0, 0.05) is 29.7 Å². The normalized spacial score (nSPS) is 14.1. The van der Waals surface area contributed by atoms with Gasteiger partial charge >= 0.3 is 0 Å². The van der Waals surface area contributed by atoms with E-state index in [1.54, 1.807) is 0 Å². The van der Waals surface area contributed by atoms with Crippen molar-refractivity contribution < 1.29 is 4.74 Å². The minimum absolute atomic E-state index is 0.577. The van der Waals surface area contributed by atoms with Crippen LogP contribution in [0.1, 0.15) is 5.56 Å². The second-order valence-electron chi connectivity index (χ2n) is 6.38. The summed E-state index contributed by atoms with van der Waals surface area (Å²) in [6, 6.07) is 12.3. The molecule has 128 valence electrons. The van der Waals surface area contributed by atoms with Gasteiger partial charge in [0.05, 0.1) is 30.4 Å². The molecule has 0 radical (unpaired) electrons. The molecule has 0 bridgehead atoms. The van der Waals surface area contributed by atoms with Crippen LogP contribution in [0.4, 0.5) is 11.6 Å². The van der Waals surface area contributed by atoms with Crippen LogP contribution in [0.15, 0.2) is 54.9 Å². The molecule has 0 aliphatic carbocycles. The van der Waals surface area contributed by atoms with E-state index in [-0.39, 0.29) is 0 Å². The topological polar surface area (TPSA) is 64.9 Å². The van der Waals surface area contributed by atoms with Crippen LogP contribution in [-0.4, -0.2) is 33.0 Å². The van der Waals surface area contributed by atoms with E-state index >= 15 is 0 Å². The van der Waals surface area contributed by atoms with Gasteiger partial charge in [-0.3, -0.25) is 4.68 Å². The Labute approximate surface area is 150 Å². The highest BCUT2D eigenvalue weighted by Crippen LogP contribution is 2.25. The van der Waals surface area contributed by atoms with Crippen molar-refractivity contribution in [2.75, 3.05) is 18.5 Å². The summed E-state index contributed by atoms with van der Waals surface area (Å²) >= 11 is 0. The highest BCUT2D eigenvalue weighted by Gasteiger charge is 2.09. The zero-order valence-electron chi connectivity index (χ0n) is 14.3. The number of ether oxygens (including phenoxy) is 1. The van der Waals surface area contributed by atoms with Crippen LogP contribution >= 0.6 is 0 Å². The summed E-state index contributed by atoms with van der Waals surface area (Å²) in [5.41, 5.74) is 5.27. The summed E-state index contributed by atoms with van der Waals surface area (Å²) in [6.45, 7) is 1.34. The molecule has 0 spiro atoms. The highest BCUT2D eigenvalue weighted by atomic mass is 16.5. The Morgan fingerprint density at radius 1 is 1.08 bits per heavy atom. The van der Waals surface area contributed by atoms with Crippen LogP contribution in [0.25, 0.3) is 27.4 Å². The Morgan fingerprint density at radius 2 is 2.00 bits per heavy atom. The molecule has 4 aromatic rings. The average Bonchev–Trinajstić information content (AvgIpc) is 3.32. The van der Waals surface area contributed by atoms with Gasteiger partial charge < -0.3 is 10.1 Å². The van der Waals surface area contributed by atoms with E-state index in [2.05, 4.69) is 44.7 Å². The molecule has 0 saturated carbocycles. The van der Waals surface area contributed by atoms with E-state index in [1.807, 2.05) is 42.3 Å². The molecule has 0 saturated heterocycles. The maximum atomic E-state index is 5.42. The molecule has 26 heavy (non-hydrogen) atoms. The minimum Gasteiger partial charge on any atom is -0.373 e. The number of anilines is 2. The Morgan fingerprint density at radius 3 is 2.88 bits per heavy atom. The number of benzene rings is 2. The average molecular weight is 343 g/mol. The second-order valence-corrected chi connectivity index (χ2v) is 6.38. The number of nitrogens with one attached hydrogen (secondary N) is 1. The van der Waals surface area contributed by atoms with Crippen molar-refractivity contribution in [1.82, 2.24) is 19.7 Å². The van der Waals surface area contributed by atoms with Crippen LogP contribution in [0.5, 0.6) is 0 Å². The lowest BCUT2D eigenvalue weighted by Crippen LogP contribution is -1.98. The molecule has 0 fully saturated rings. The fourth-order valence-electron chi connectivity index (χ4n) is 3.22. The number of hydrogen-bond donors (Lipinski definition) is 1. The van der Waals surface area contributed by atoms with Gasteiger partial charge in [0.1, 0.15) is 0 Å². The smallest absolute Gasteiger partial charge is 0.227 e. The van der Waals surface area contributed by atoms with Gasteiger partial charge in [0.2, 0.25) is 5.95 Å². The van der Waals surface area contributed by atoms with Gasteiger partial charge in [0.25, 0.3) is 0 Å². The first kappa shape index (κ1) is 15.0. The fraction of sp³-hybridized carbons (Fsp3) is 0.150. The molecule has 0 atom stereocenters. The zero-order chi connectivity index (χ0) is 17.5. The van der Waals surface area contributed by atoms with Crippen LogP contribution in [-0.2, 0) is 11.8 Å². The predicted molar refractivity (Wildman–Crippen MR) is 102 cm³/mol. The summed E-state index contributed by atoms with van der Waals surface area (Å²) in [6.07, 6.45) is 5.82. The first-order valence-electron chi connectivity index (χ1n) is 8.49. The van der Waals surface area contributed by atoms with Crippen LogP contribution < -0.4 is 5.32 Å². The van der Waals surface area contributed by atoms with E-state index in [4.69, 9.17) is 4.74 Å². The first-order valence-corrected chi connectivity index (χ1v) is 8.49. The molecule has 0 unspecified atom stereocenters. The Balaban J connectivity index is 1.50. The van der Waals surface area contributed by atoms with E-state index in [1.165, 1.54) is 5.57 Å².